The van der Waals surface area contributed by atoms with E-state index in [0.717, 1.165) is 6.42 Å². The van der Waals surface area contributed by atoms with Gasteiger partial charge in [-0.2, -0.15) is 13.2 Å². The molecule has 0 aromatic carbocycles. The number of halogens is 3. The fourth-order valence-corrected chi connectivity index (χ4v) is 3.07. The molecule has 1 atom stereocenters. The van der Waals surface area contributed by atoms with E-state index in [-0.39, 0.29) is 25.5 Å². The average molecular weight is 332 g/mol. The van der Waals surface area contributed by atoms with Gasteiger partial charge >= 0.3 is 6.18 Å². The lowest BCUT2D eigenvalue weighted by Gasteiger charge is -2.33. The summed E-state index contributed by atoms with van der Waals surface area (Å²) in [7, 11) is 0. The molecule has 2 fully saturated rings. The number of hydrogen-bond acceptors (Lipinski definition) is 4. The molecule has 1 amide bonds. The molecule has 2 aliphatic rings. The van der Waals surface area contributed by atoms with Crippen LogP contribution in [0.1, 0.15) is 43.8 Å². The zero-order chi connectivity index (χ0) is 16.7. The van der Waals surface area contributed by atoms with Crippen LogP contribution in [0.25, 0.3) is 0 Å². The molecule has 23 heavy (non-hydrogen) atoms. The van der Waals surface area contributed by atoms with Gasteiger partial charge in [0.15, 0.2) is 0 Å². The first-order chi connectivity index (χ1) is 10.8. The minimum absolute atomic E-state index is 0.0441. The van der Waals surface area contributed by atoms with Crippen LogP contribution in [0.4, 0.5) is 13.2 Å². The second-order valence-corrected chi connectivity index (χ2v) is 6.44. The zero-order valence-corrected chi connectivity index (χ0v) is 12.6. The van der Waals surface area contributed by atoms with Crippen LogP contribution in [0.3, 0.4) is 0 Å². The maximum Gasteiger partial charge on any atom is 0.395 e. The second-order valence-electron chi connectivity index (χ2n) is 6.44. The molecular formula is C14H19F3N4O2. The van der Waals surface area contributed by atoms with Gasteiger partial charge < -0.3 is 10.0 Å². The van der Waals surface area contributed by atoms with Crippen molar-refractivity contribution in [1.82, 2.24) is 19.9 Å². The highest BCUT2D eigenvalue weighted by molar-refractivity contribution is 5.77. The Hall–Kier alpha value is -1.64. The summed E-state index contributed by atoms with van der Waals surface area (Å²) < 4.78 is 40.6. The molecule has 1 aliphatic heterocycles. The summed E-state index contributed by atoms with van der Waals surface area (Å²) in [6.45, 7) is 0.593. The number of aromatic nitrogens is 3. The van der Waals surface area contributed by atoms with Crippen molar-refractivity contribution >= 4 is 5.91 Å². The van der Waals surface area contributed by atoms with Crippen molar-refractivity contribution in [2.75, 3.05) is 13.1 Å². The molecule has 1 aromatic heterocycles. The lowest BCUT2D eigenvalue weighted by atomic mass is 9.99. The highest BCUT2D eigenvalue weighted by Crippen LogP contribution is 2.60. The molecule has 128 valence electrons. The van der Waals surface area contributed by atoms with Gasteiger partial charge in [0.05, 0.1) is 24.3 Å². The molecule has 1 saturated heterocycles. The molecule has 0 spiro atoms. The predicted molar refractivity (Wildman–Crippen MR) is 73.1 cm³/mol. The van der Waals surface area contributed by atoms with Crippen LogP contribution >= 0.6 is 0 Å². The Morgan fingerprint density at radius 1 is 1.43 bits per heavy atom. The Labute approximate surface area is 131 Å². The molecule has 1 aromatic rings. The lowest BCUT2D eigenvalue weighted by Crippen LogP contribution is -2.43. The topological polar surface area (TPSA) is 71.2 Å². The zero-order valence-electron chi connectivity index (χ0n) is 12.6. The number of likely N-dealkylation sites (tertiary alicyclic amines) is 1. The van der Waals surface area contributed by atoms with E-state index in [2.05, 4.69) is 10.3 Å². The molecule has 6 nitrogen and oxygen atoms in total. The van der Waals surface area contributed by atoms with E-state index >= 15 is 0 Å². The van der Waals surface area contributed by atoms with Gasteiger partial charge in [-0.3, -0.25) is 4.79 Å². The van der Waals surface area contributed by atoms with Gasteiger partial charge in [0.2, 0.25) is 5.91 Å². The van der Waals surface area contributed by atoms with Crippen molar-refractivity contribution in [3.05, 3.63) is 11.9 Å². The monoisotopic (exact) mass is 332 g/mol. The number of piperidine rings is 1. The van der Waals surface area contributed by atoms with Crippen LogP contribution in [0.15, 0.2) is 6.20 Å². The first-order valence-corrected chi connectivity index (χ1v) is 7.71. The van der Waals surface area contributed by atoms with Crippen LogP contribution < -0.4 is 0 Å². The van der Waals surface area contributed by atoms with Crippen LogP contribution in [-0.4, -0.2) is 50.2 Å². The number of aliphatic hydroxyl groups is 1. The summed E-state index contributed by atoms with van der Waals surface area (Å²) >= 11 is 0. The summed E-state index contributed by atoms with van der Waals surface area (Å²) in [5, 5.41) is 16.7. The third-order valence-electron chi connectivity index (χ3n) is 4.79. The van der Waals surface area contributed by atoms with Crippen LogP contribution in [0, 0.1) is 5.41 Å². The minimum Gasteiger partial charge on any atom is -0.390 e. The Morgan fingerprint density at radius 3 is 2.74 bits per heavy atom. The number of nitrogens with zero attached hydrogens (tertiary/aromatic N) is 4. The Bertz CT molecular complexity index is 583. The van der Waals surface area contributed by atoms with E-state index in [9.17, 15) is 18.0 Å². The number of carbonyl (C=O) groups is 1. The summed E-state index contributed by atoms with van der Waals surface area (Å²) in [4.78, 5) is 13.8. The Balaban J connectivity index is 1.63. The van der Waals surface area contributed by atoms with E-state index in [0.29, 0.717) is 25.2 Å². The number of amides is 1. The number of aliphatic hydroxyl groups excluding tert-OH is 1. The minimum atomic E-state index is -4.31. The van der Waals surface area contributed by atoms with Crippen molar-refractivity contribution < 1.29 is 23.1 Å². The fraction of sp³-hybridized carbons (Fsp3) is 0.786. The van der Waals surface area contributed by atoms with Crippen molar-refractivity contribution in [3.63, 3.8) is 0 Å². The van der Waals surface area contributed by atoms with Crippen molar-refractivity contribution in [1.29, 1.82) is 0 Å². The number of rotatable bonds is 4. The van der Waals surface area contributed by atoms with Crippen molar-refractivity contribution in [2.45, 2.75) is 50.9 Å². The summed E-state index contributed by atoms with van der Waals surface area (Å²) in [5.41, 5.74) is -1.36. The van der Waals surface area contributed by atoms with Gasteiger partial charge in [-0.15, -0.1) is 5.10 Å². The first kappa shape index (κ1) is 16.2. The smallest absolute Gasteiger partial charge is 0.390 e. The molecule has 1 aliphatic carbocycles. The second kappa shape index (κ2) is 5.77. The third-order valence-corrected chi connectivity index (χ3v) is 4.79. The van der Waals surface area contributed by atoms with Gasteiger partial charge in [-0.05, 0) is 25.7 Å². The molecule has 2 heterocycles. The van der Waals surface area contributed by atoms with Gasteiger partial charge in [0, 0.05) is 19.5 Å². The SMILES string of the molecule is O=C(CC1(C(F)(F)F)CC1)N1CCCC(n2cc(CO)nn2)C1. The molecule has 0 bridgehead atoms. The summed E-state index contributed by atoms with van der Waals surface area (Å²) in [6, 6.07) is -0.110. The van der Waals surface area contributed by atoms with Crippen molar-refractivity contribution in [2.24, 2.45) is 5.41 Å². The van der Waals surface area contributed by atoms with Gasteiger partial charge in [0.25, 0.3) is 0 Å². The van der Waals surface area contributed by atoms with E-state index in [1.807, 2.05) is 0 Å². The third kappa shape index (κ3) is 3.19. The van der Waals surface area contributed by atoms with E-state index in [1.54, 1.807) is 10.9 Å². The maximum absolute atomic E-state index is 13.0. The van der Waals surface area contributed by atoms with E-state index < -0.39 is 23.9 Å². The molecule has 3 rings (SSSR count). The summed E-state index contributed by atoms with van der Waals surface area (Å²) in [6.07, 6.45) is -1.57. The largest absolute Gasteiger partial charge is 0.395 e. The molecule has 1 N–H and O–H groups in total. The number of hydrogen-bond donors (Lipinski definition) is 1. The summed E-state index contributed by atoms with van der Waals surface area (Å²) in [5.74, 6) is -0.438. The molecule has 9 heteroatoms. The average Bonchev–Trinajstić information content (AvgIpc) is 3.15. The molecule has 0 radical (unpaired) electrons. The maximum atomic E-state index is 13.0. The molecule has 1 unspecified atom stereocenters. The Morgan fingerprint density at radius 2 is 2.17 bits per heavy atom. The van der Waals surface area contributed by atoms with E-state index in [4.69, 9.17) is 5.11 Å². The highest BCUT2D eigenvalue weighted by atomic mass is 19.4. The van der Waals surface area contributed by atoms with Gasteiger partial charge in [-0.1, -0.05) is 5.21 Å². The number of carbonyl (C=O) groups excluding carboxylic acids is 1. The quantitative estimate of drug-likeness (QED) is 0.910. The van der Waals surface area contributed by atoms with E-state index in [1.165, 1.54) is 4.90 Å². The van der Waals surface area contributed by atoms with Gasteiger partial charge in [-0.25, -0.2) is 4.68 Å². The number of alkyl halides is 3. The standard InChI is InChI=1S/C14H19F3N4O2/c15-14(16,17)13(3-4-13)6-12(23)20-5-1-2-11(8-20)21-7-10(9-22)18-19-21/h7,11,22H,1-6,8-9H2. The van der Waals surface area contributed by atoms with Gasteiger partial charge in [0.1, 0.15) is 5.69 Å². The Kier molecular flexibility index (Phi) is 4.07. The first-order valence-electron chi connectivity index (χ1n) is 7.71. The van der Waals surface area contributed by atoms with Crippen LogP contribution in [-0.2, 0) is 11.4 Å². The van der Waals surface area contributed by atoms with Crippen LogP contribution in [0.2, 0.25) is 0 Å². The fourth-order valence-electron chi connectivity index (χ4n) is 3.07. The molecular weight excluding hydrogens is 313 g/mol. The predicted octanol–water partition coefficient (Wildman–Crippen LogP) is 1.67. The van der Waals surface area contributed by atoms with Crippen LogP contribution in [0.5, 0.6) is 0 Å². The molecule has 1 saturated carbocycles. The van der Waals surface area contributed by atoms with Crippen molar-refractivity contribution in [3.8, 4) is 0 Å². The lowest BCUT2D eigenvalue weighted by molar-refractivity contribution is -0.192. The highest BCUT2D eigenvalue weighted by Gasteiger charge is 2.64. The normalized spacial score (nSPS) is 23.8.